The maximum absolute atomic E-state index is 12.2. The van der Waals surface area contributed by atoms with Gasteiger partial charge in [0.1, 0.15) is 0 Å². The zero-order valence-electron chi connectivity index (χ0n) is 10.2. The van der Waals surface area contributed by atoms with E-state index in [1.54, 1.807) is 0 Å². The molecule has 0 aromatic rings. The third-order valence-electron chi connectivity index (χ3n) is 4.60. The summed E-state index contributed by atoms with van der Waals surface area (Å²) < 4.78 is 0. The molecule has 2 aliphatic carbocycles. The summed E-state index contributed by atoms with van der Waals surface area (Å²) in [6, 6.07) is 0.0382. The fraction of sp³-hybridized carbons (Fsp3) is 0.846. The van der Waals surface area contributed by atoms with Crippen molar-refractivity contribution in [1.29, 1.82) is 0 Å². The molecule has 0 bridgehead atoms. The Morgan fingerprint density at radius 3 is 2.29 bits per heavy atom. The number of hydrogen-bond donors (Lipinski definition) is 1. The van der Waals surface area contributed by atoms with Crippen molar-refractivity contribution < 1.29 is 9.59 Å². The molecule has 3 fully saturated rings. The van der Waals surface area contributed by atoms with E-state index < -0.39 is 0 Å². The van der Waals surface area contributed by atoms with Crippen LogP contribution in [0.1, 0.15) is 57.8 Å². The summed E-state index contributed by atoms with van der Waals surface area (Å²) in [7, 11) is 0. The van der Waals surface area contributed by atoms with Gasteiger partial charge in [0.2, 0.25) is 5.91 Å². The normalized spacial score (nSPS) is 29.1. The van der Waals surface area contributed by atoms with Crippen LogP contribution in [-0.2, 0) is 4.79 Å². The van der Waals surface area contributed by atoms with Gasteiger partial charge >= 0.3 is 6.03 Å². The third kappa shape index (κ3) is 1.83. The minimum absolute atomic E-state index is 0.0579. The molecule has 1 saturated heterocycles. The Morgan fingerprint density at radius 1 is 1.06 bits per heavy atom. The molecule has 2 saturated carbocycles. The molecule has 0 aromatic heterocycles. The Labute approximate surface area is 102 Å². The van der Waals surface area contributed by atoms with E-state index >= 15 is 0 Å². The summed E-state index contributed by atoms with van der Waals surface area (Å²) in [6.07, 6.45) is 9.02. The zero-order valence-corrected chi connectivity index (χ0v) is 10.2. The molecule has 17 heavy (non-hydrogen) atoms. The summed E-state index contributed by atoms with van der Waals surface area (Å²) >= 11 is 0. The standard InChI is InChI=1S/C13H20N2O2/c16-11-9-13(7-3-4-8-13)14-12(17)15(11)10-5-1-2-6-10/h10H,1-9H2,(H,14,17). The number of nitrogens with one attached hydrogen (secondary N) is 1. The monoisotopic (exact) mass is 236 g/mol. The Bertz CT molecular complexity index is 321. The molecule has 94 valence electrons. The number of urea groups is 1. The summed E-state index contributed by atoms with van der Waals surface area (Å²) in [4.78, 5) is 25.9. The number of carbonyl (C=O) groups excluding carboxylic acids is 2. The van der Waals surface area contributed by atoms with Crippen molar-refractivity contribution in [3.63, 3.8) is 0 Å². The maximum Gasteiger partial charge on any atom is 0.324 e. The molecular formula is C13H20N2O2. The minimum atomic E-state index is -0.191. The van der Waals surface area contributed by atoms with Crippen molar-refractivity contribution in [2.24, 2.45) is 0 Å². The highest BCUT2D eigenvalue weighted by Crippen LogP contribution is 2.37. The van der Waals surface area contributed by atoms with Gasteiger partial charge in [0.25, 0.3) is 0 Å². The molecule has 3 aliphatic rings. The molecule has 1 heterocycles. The first kappa shape index (κ1) is 11.1. The molecule has 0 atom stereocenters. The van der Waals surface area contributed by atoms with E-state index in [4.69, 9.17) is 0 Å². The number of amides is 3. The molecule has 4 nitrogen and oxygen atoms in total. The van der Waals surface area contributed by atoms with Gasteiger partial charge in [0.15, 0.2) is 0 Å². The van der Waals surface area contributed by atoms with Gasteiger partial charge in [-0.25, -0.2) is 4.79 Å². The van der Waals surface area contributed by atoms with Gasteiger partial charge in [-0.1, -0.05) is 25.7 Å². The number of hydrogen-bond acceptors (Lipinski definition) is 2. The highest BCUT2D eigenvalue weighted by molar-refractivity contribution is 5.98. The molecule has 0 radical (unpaired) electrons. The van der Waals surface area contributed by atoms with E-state index in [1.807, 2.05) is 0 Å². The Balaban J connectivity index is 1.76. The smallest absolute Gasteiger partial charge is 0.324 e. The number of rotatable bonds is 1. The lowest BCUT2D eigenvalue weighted by Gasteiger charge is -2.41. The first-order chi connectivity index (χ1) is 8.20. The van der Waals surface area contributed by atoms with Gasteiger partial charge in [-0.05, 0) is 25.7 Å². The summed E-state index contributed by atoms with van der Waals surface area (Å²) in [6.45, 7) is 0. The van der Waals surface area contributed by atoms with Crippen molar-refractivity contribution in [3.05, 3.63) is 0 Å². The third-order valence-corrected chi connectivity index (χ3v) is 4.60. The van der Waals surface area contributed by atoms with Gasteiger partial charge in [-0.15, -0.1) is 0 Å². The number of imide groups is 1. The average Bonchev–Trinajstić information content (AvgIpc) is 2.89. The quantitative estimate of drug-likeness (QED) is 0.758. The van der Waals surface area contributed by atoms with Crippen LogP contribution in [0.3, 0.4) is 0 Å². The second kappa shape index (κ2) is 4.00. The van der Waals surface area contributed by atoms with Crippen LogP contribution < -0.4 is 5.32 Å². The van der Waals surface area contributed by atoms with Crippen LogP contribution in [0.5, 0.6) is 0 Å². The molecule has 3 rings (SSSR count). The Hall–Kier alpha value is -1.06. The molecule has 0 unspecified atom stereocenters. The molecule has 4 heteroatoms. The molecule has 1 aliphatic heterocycles. The minimum Gasteiger partial charge on any atom is -0.332 e. The lowest BCUT2D eigenvalue weighted by molar-refractivity contribution is -0.133. The maximum atomic E-state index is 12.2. The fourth-order valence-corrected chi connectivity index (χ4v) is 3.70. The first-order valence-electron chi connectivity index (χ1n) is 6.84. The molecule has 0 aromatic carbocycles. The van der Waals surface area contributed by atoms with E-state index in [0.29, 0.717) is 6.42 Å². The highest BCUT2D eigenvalue weighted by atomic mass is 16.2. The van der Waals surface area contributed by atoms with Crippen LogP contribution in [0.15, 0.2) is 0 Å². The van der Waals surface area contributed by atoms with Crippen LogP contribution in [0.2, 0.25) is 0 Å². The Morgan fingerprint density at radius 2 is 1.71 bits per heavy atom. The van der Waals surface area contributed by atoms with Crippen molar-refractivity contribution in [2.45, 2.75) is 69.4 Å². The van der Waals surface area contributed by atoms with Crippen molar-refractivity contribution in [3.8, 4) is 0 Å². The largest absolute Gasteiger partial charge is 0.332 e. The van der Waals surface area contributed by atoms with Gasteiger partial charge in [0, 0.05) is 6.04 Å². The van der Waals surface area contributed by atoms with E-state index in [9.17, 15) is 9.59 Å². The molecular weight excluding hydrogens is 216 g/mol. The van der Waals surface area contributed by atoms with Gasteiger partial charge in [-0.3, -0.25) is 9.69 Å². The van der Waals surface area contributed by atoms with E-state index in [-0.39, 0.29) is 23.5 Å². The topological polar surface area (TPSA) is 49.4 Å². The SMILES string of the molecule is O=C1CC2(CCCC2)NC(=O)N1C1CCCC1. The summed E-state index contributed by atoms with van der Waals surface area (Å²) in [5.74, 6) is 0.0579. The van der Waals surface area contributed by atoms with E-state index in [0.717, 1.165) is 51.4 Å². The summed E-state index contributed by atoms with van der Waals surface area (Å²) in [5.41, 5.74) is -0.191. The van der Waals surface area contributed by atoms with Crippen LogP contribution >= 0.6 is 0 Å². The lowest BCUT2D eigenvalue weighted by atomic mass is 9.90. The lowest BCUT2D eigenvalue weighted by Crippen LogP contribution is -2.62. The summed E-state index contributed by atoms with van der Waals surface area (Å²) in [5, 5.41) is 3.12. The fourth-order valence-electron chi connectivity index (χ4n) is 3.70. The average molecular weight is 236 g/mol. The first-order valence-corrected chi connectivity index (χ1v) is 6.84. The van der Waals surface area contributed by atoms with Crippen molar-refractivity contribution in [1.82, 2.24) is 10.2 Å². The predicted molar refractivity (Wildman–Crippen MR) is 63.4 cm³/mol. The van der Waals surface area contributed by atoms with Gasteiger partial charge in [0.05, 0.1) is 12.0 Å². The van der Waals surface area contributed by atoms with Gasteiger partial charge in [-0.2, -0.15) is 0 Å². The number of nitrogens with zero attached hydrogens (tertiary/aromatic N) is 1. The van der Waals surface area contributed by atoms with Crippen molar-refractivity contribution >= 4 is 11.9 Å². The predicted octanol–water partition coefficient (Wildman–Crippen LogP) is 2.18. The van der Waals surface area contributed by atoms with Crippen LogP contribution in [-0.4, -0.2) is 28.4 Å². The molecule has 1 spiro atoms. The van der Waals surface area contributed by atoms with Crippen LogP contribution in [0.25, 0.3) is 0 Å². The number of carbonyl (C=O) groups is 2. The Kier molecular flexibility index (Phi) is 2.60. The molecule has 3 amide bonds. The van der Waals surface area contributed by atoms with E-state index in [1.165, 1.54) is 4.90 Å². The second-order valence-corrected chi connectivity index (χ2v) is 5.80. The van der Waals surface area contributed by atoms with Crippen molar-refractivity contribution in [2.75, 3.05) is 0 Å². The second-order valence-electron chi connectivity index (χ2n) is 5.80. The zero-order chi connectivity index (χ0) is 11.9. The van der Waals surface area contributed by atoms with Gasteiger partial charge < -0.3 is 5.32 Å². The van der Waals surface area contributed by atoms with Crippen LogP contribution in [0.4, 0.5) is 4.79 Å². The highest BCUT2D eigenvalue weighted by Gasteiger charge is 2.46. The van der Waals surface area contributed by atoms with Crippen LogP contribution in [0, 0.1) is 0 Å². The molecule has 1 N–H and O–H groups in total. The van der Waals surface area contributed by atoms with E-state index in [2.05, 4.69) is 5.32 Å².